The molecule has 0 fully saturated rings. The number of benzene rings is 1. The molecule has 0 saturated carbocycles. The molecule has 3 aromatic rings. The van der Waals surface area contributed by atoms with E-state index < -0.39 is 30.1 Å². The molecule has 0 aliphatic carbocycles. The fourth-order valence-electron chi connectivity index (χ4n) is 3.28. The Hall–Kier alpha value is -2.96. The number of aromatic nitrogens is 2. The van der Waals surface area contributed by atoms with Crippen molar-refractivity contribution in [1.82, 2.24) is 9.61 Å². The van der Waals surface area contributed by atoms with Crippen molar-refractivity contribution in [3.8, 4) is 17.0 Å². The van der Waals surface area contributed by atoms with Crippen molar-refractivity contribution in [3.63, 3.8) is 0 Å². The van der Waals surface area contributed by atoms with E-state index in [0.29, 0.717) is 12.2 Å². The zero-order valence-electron chi connectivity index (χ0n) is 21.3. The maximum atomic E-state index is 13.4. The molecule has 36 heavy (non-hydrogen) atoms. The van der Waals surface area contributed by atoms with E-state index in [9.17, 15) is 22.7 Å². The lowest BCUT2D eigenvalue weighted by molar-refractivity contribution is 0.0603. The van der Waals surface area contributed by atoms with Crippen LogP contribution in [0.1, 0.15) is 37.6 Å². The molecule has 0 spiro atoms. The van der Waals surface area contributed by atoms with Crippen molar-refractivity contribution < 1.29 is 31.9 Å². The van der Waals surface area contributed by atoms with E-state index >= 15 is 0 Å². The van der Waals surface area contributed by atoms with E-state index in [1.165, 1.54) is 48.2 Å². The molecular formula is C24H32FN3O6SSi. The monoisotopic (exact) mass is 537 g/mol. The number of sulfonamides is 1. The molecule has 2 heterocycles. The van der Waals surface area contributed by atoms with Crippen LogP contribution in [0.4, 0.5) is 10.1 Å². The third-order valence-electron chi connectivity index (χ3n) is 6.35. The lowest BCUT2D eigenvalue weighted by Crippen LogP contribution is -2.41. The fourth-order valence-corrected chi connectivity index (χ4v) is 5.46. The van der Waals surface area contributed by atoms with Crippen LogP contribution in [0.2, 0.25) is 18.1 Å². The summed E-state index contributed by atoms with van der Waals surface area (Å²) in [4.78, 5) is 12.5. The number of fused-ring (bicyclic) bond motifs is 1. The number of aromatic hydroxyl groups is 1. The second kappa shape index (κ2) is 10.2. The number of halogens is 1. The van der Waals surface area contributed by atoms with Gasteiger partial charge in [0.1, 0.15) is 28.5 Å². The molecule has 3 rings (SSSR count). The Morgan fingerprint density at radius 2 is 1.86 bits per heavy atom. The van der Waals surface area contributed by atoms with E-state index in [0.717, 1.165) is 0 Å². The van der Waals surface area contributed by atoms with Crippen molar-refractivity contribution in [2.24, 2.45) is 0 Å². The van der Waals surface area contributed by atoms with Gasteiger partial charge in [-0.25, -0.2) is 22.1 Å². The van der Waals surface area contributed by atoms with E-state index in [1.807, 2.05) is 0 Å². The minimum atomic E-state index is -3.81. The summed E-state index contributed by atoms with van der Waals surface area (Å²) in [6, 6.07) is 6.60. The van der Waals surface area contributed by atoms with Crippen LogP contribution in [0.3, 0.4) is 0 Å². The lowest BCUT2D eigenvalue weighted by Gasteiger charge is -2.36. The number of nitrogens with one attached hydrogen (secondary N) is 1. The molecule has 0 unspecified atom stereocenters. The molecular weight excluding hydrogens is 505 g/mol. The summed E-state index contributed by atoms with van der Waals surface area (Å²) in [6.07, 6.45) is 1.56. The summed E-state index contributed by atoms with van der Waals surface area (Å²) in [5, 5.41) is 14.9. The van der Waals surface area contributed by atoms with Gasteiger partial charge in [0.25, 0.3) is 0 Å². The molecule has 0 aliphatic rings. The quantitative estimate of drug-likeness (QED) is 0.229. The van der Waals surface area contributed by atoms with Gasteiger partial charge in [0.15, 0.2) is 8.32 Å². The second-order valence-electron chi connectivity index (χ2n) is 10.0. The number of carbonyl (C=O) groups is 1. The molecule has 1 aromatic carbocycles. The largest absolute Gasteiger partial charge is 0.506 e. The molecule has 0 saturated heterocycles. The second-order valence-corrected chi connectivity index (χ2v) is 16.7. The van der Waals surface area contributed by atoms with Crippen LogP contribution in [-0.4, -0.2) is 56.9 Å². The van der Waals surface area contributed by atoms with E-state index in [4.69, 9.17) is 9.16 Å². The van der Waals surface area contributed by atoms with Gasteiger partial charge in [-0.15, -0.1) is 0 Å². The van der Waals surface area contributed by atoms with Crippen LogP contribution >= 0.6 is 0 Å². The highest BCUT2D eigenvalue weighted by Gasteiger charge is 2.37. The first-order valence-electron chi connectivity index (χ1n) is 11.4. The van der Waals surface area contributed by atoms with Crippen LogP contribution in [0.5, 0.6) is 5.75 Å². The minimum absolute atomic E-state index is 0.0188. The number of ether oxygens (including phenoxy) is 1. The Morgan fingerprint density at radius 3 is 2.44 bits per heavy atom. The van der Waals surface area contributed by atoms with Gasteiger partial charge in [0.2, 0.25) is 10.0 Å². The van der Waals surface area contributed by atoms with Crippen LogP contribution in [0.25, 0.3) is 16.8 Å². The van der Waals surface area contributed by atoms with Crippen LogP contribution in [-0.2, 0) is 19.2 Å². The predicted octanol–water partition coefficient (Wildman–Crippen LogP) is 4.79. The van der Waals surface area contributed by atoms with Gasteiger partial charge in [-0.1, -0.05) is 20.8 Å². The third-order valence-corrected chi connectivity index (χ3v) is 12.2. The summed E-state index contributed by atoms with van der Waals surface area (Å²) in [5.74, 6) is -1.75. The van der Waals surface area contributed by atoms with E-state index in [-0.39, 0.29) is 45.4 Å². The highest BCUT2D eigenvalue weighted by molar-refractivity contribution is 7.92. The third kappa shape index (κ3) is 6.05. The van der Waals surface area contributed by atoms with Gasteiger partial charge in [0, 0.05) is 18.2 Å². The number of hydrogen-bond acceptors (Lipinski definition) is 7. The van der Waals surface area contributed by atoms with Gasteiger partial charge >= 0.3 is 5.97 Å². The number of methoxy groups -OCH3 is 1. The van der Waals surface area contributed by atoms with Crippen molar-refractivity contribution in [1.29, 1.82) is 0 Å². The molecule has 0 amide bonds. The molecule has 2 aromatic heterocycles. The number of rotatable bonds is 9. The zero-order chi connectivity index (χ0) is 26.9. The summed E-state index contributed by atoms with van der Waals surface area (Å²) >= 11 is 0. The zero-order valence-corrected chi connectivity index (χ0v) is 23.1. The van der Waals surface area contributed by atoms with Crippen LogP contribution in [0, 0.1) is 5.82 Å². The molecule has 0 bridgehead atoms. The Morgan fingerprint density at radius 1 is 1.22 bits per heavy atom. The Kier molecular flexibility index (Phi) is 7.82. The molecule has 0 atom stereocenters. The molecule has 0 radical (unpaired) electrons. The number of esters is 1. The number of hydrogen-bond donors (Lipinski definition) is 2. The smallest absolute Gasteiger partial charge is 0.342 e. The SMILES string of the molecule is COC(=O)c1c(-c2ccc(F)cc2)nn2cc(NS(=O)(=O)CCCO[Si](C)(C)C(C)(C)C)c(O)cc12. The average molecular weight is 538 g/mol. The Labute approximate surface area is 211 Å². The van der Waals surface area contributed by atoms with Gasteiger partial charge in [-0.2, -0.15) is 5.10 Å². The fraction of sp³-hybridized carbons (Fsp3) is 0.417. The normalized spacial score (nSPS) is 12.6. The molecule has 196 valence electrons. The highest BCUT2D eigenvalue weighted by atomic mass is 32.2. The van der Waals surface area contributed by atoms with Crippen molar-refractivity contribution in [2.75, 3.05) is 24.2 Å². The number of nitrogens with zero attached hydrogens (tertiary/aromatic N) is 2. The van der Waals surface area contributed by atoms with Crippen molar-refractivity contribution >= 4 is 35.5 Å². The van der Waals surface area contributed by atoms with E-state index in [1.54, 1.807) is 0 Å². The highest BCUT2D eigenvalue weighted by Crippen LogP contribution is 2.36. The first-order valence-corrected chi connectivity index (χ1v) is 16.0. The van der Waals surface area contributed by atoms with Crippen molar-refractivity contribution in [3.05, 3.63) is 47.9 Å². The standard InChI is InChI=1S/C24H32FN3O6SSi/c1-24(2,3)36(5,6)34-12-7-13-35(31,32)27-18-15-28-19(14-20(18)29)21(23(30)33-4)22(26-28)16-8-10-17(25)11-9-16/h8-11,14-15,27,29H,7,12-13H2,1-6H3. The van der Waals surface area contributed by atoms with E-state index in [2.05, 4.69) is 43.7 Å². The predicted molar refractivity (Wildman–Crippen MR) is 139 cm³/mol. The Bertz CT molecular complexity index is 1370. The summed E-state index contributed by atoms with van der Waals surface area (Å²) in [6.45, 7) is 10.8. The number of anilines is 1. The molecule has 0 aliphatic heterocycles. The summed E-state index contributed by atoms with van der Waals surface area (Å²) < 4.78 is 53.3. The first-order chi connectivity index (χ1) is 16.6. The number of carbonyl (C=O) groups excluding carboxylic acids is 1. The van der Waals surface area contributed by atoms with Crippen LogP contribution in [0.15, 0.2) is 36.5 Å². The molecule has 9 nitrogen and oxygen atoms in total. The molecule has 2 N–H and O–H groups in total. The summed E-state index contributed by atoms with van der Waals surface area (Å²) in [5.41, 5.74) is 0.797. The number of pyridine rings is 1. The van der Waals surface area contributed by atoms with Gasteiger partial charge in [-0.3, -0.25) is 4.72 Å². The maximum Gasteiger partial charge on any atom is 0.342 e. The minimum Gasteiger partial charge on any atom is -0.506 e. The van der Waals surface area contributed by atoms with Gasteiger partial charge in [-0.05, 0) is 48.8 Å². The van der Waals surface area contributed by atoms with Gasteiger partial charge < -0.3 is 14.3 Å². The van der Waals surface area contributed by atoms with Gasteiger partial charge in [0.05, 0.1) is 24.6 Å². The van der Waals surface area contributed by atoms with Crippen molar-refractivity contribution in [2.45, 2.75) is 45.3 Å². The van der Waals surface area contributed by atoms with Crippen LogP contribution < -0.4 is 4.72 Å². The maximum absolute atomic E-state index is 13.4. The first kappa shape index (κ1) is 27.6. The molecule has 12 heteroatoms. The topological polar surface area (TPSA) is 119 Å². The summed E-state index contributed by atoms with van der Waals surface area (Å²) in [7, 11) is -4.59. The Balaban J connectivity index is 1.85. The lowest BCUT2D eigenvalue weighted by atomic mass is 10.1. The average Bonchev–Trinajstić information content (AvgIpc) is 3.14.